The van der Waals surface area contributed by atoms with Crippen molar-refractivity contribution in [1.82, 2.24) is 4.90 Å². The number of halogens is 1. The number of hydrogen-bond acceptors (Lipinski definition) is 6. The van der Waals surface area contributed by atoms with E-state index in [0.717, 1.165) is 12.8 Å². The predicted octanol–water partition coefficient (Wildman–Crippen LogP) is 4.60. The first-order valence-electron chi connectivity index (χ1n) is 10.8. The first kappa shape index (κ1) is 24.6. The number of benzene rings is 2. The standard InChI is InChI=1S/C25H28ClNO6/c1-4-5-13-33-18-9-6-16(7-10-18)22-21(24(29)25(30)27(22)12-14-31-2)23(28)19-15-17(26)8-11-20(19)32-3/h6-11,15,22,28H,4-5,12-14H2,1-3H3/b23-21+. The van der Waals surface area contributed by atoms with Crippen LogP contribution in [0.1, 0.15) is 36.9 Å². The Kier molecular flexibility index (Phi) is 8.36. The molecule has 7 nitrogen and oxygen atoms in total. The lowest BCUT2D eigenvalue weighted by molar-refractivity contribution is -0.140. The minimum atomic E-state index is -0.798. The summed E-state index contributed by atoms with van der Waals surface area (Å²) in [5, 5.41) is 11.6. The van der Waals surface area contributed by atoms with Crippen molar-refractivity contribution in [2.45, 2.75) is 25.8 Å². The summed E-state index contributed by atoms with van der Waals surface area (Å²) in [7, 11) is 2.97. The predicted molar refractivity (Wildman–Crippen MR) is 126 cm³/mol. The molecule has 2 aromatic rings. The largest absolute Gasteiger partial charge is 0.507 e. The molecule has 8 heteroatoms. The van der Waals surface area contributed by atoms with Crippen LogP contribution in [0.4, 0.5) is 0 Å². The third-order valence-corrected chi connectivity index (χ3v) is 5.69. The number of aliphatic hydroxyl groups is 1. The number of hydrogen-bond donors (Lipinski definition) is 1. The fourth-order valence-electron chi connectivity index (χ4n) is 3.74. The van der Waals surface area contributed by atoms with Crippen LogP contribution in [-0.2, 0) is 14.3 Å². The zero-order chi connectivity index (χ0) is 24.0. The molecule has 0 aliphatic carbocycles. The van der Waals surface area contributed by atoms with Crippen molar-refractivity contribution in [1.29, 1.82) is 0 Å². The maximum Gasteiger partial charge on any atom is 0.295 e. The zero-order valence-electron chi connectivity index (χ0n) is 19.0. The molecule has 33 heavy (non-hydrogen) atoms. The van der Waals surface area contributed by atoms with Crippen molar-refractivity contribution in [2.24, 2.45) is 0 Å². The van der Waals surface area contributed by atoms with Crippen molar-refractivity contribution in [2.75, 3.05) is 34.0 Å². The molecule has 2 aromatic carbocycles. The van der Waals surface area contributed by atoms with Gasteiger partial charge in [-0.2, -0.15) is 0 Å². The Labute approximate surface area is 198 Å². The summed E-state index contributed by atoms with van der Waals surface area (Å²) in [6.45, 7) is 3.12. The summed E-state index contributed by atoms with van der Waals surface area (Å²) in [4.78, 5) is 27.4. The van der Waals surface area contributed by atoms with E-state index in [4.69, 9.17) is 25.8 Å². The monoisotopic (exact) mass is 473 g/mol. The minimum absolute atomic E-state index is 0.0312. The van der Waals surface area contributed by atoms with Crippen LogP contribution in [0.3, 0.4) is 0 Å². The molecule has 0 spiro atoms. The Morgan fingerprint density at radius 3 is 2.45 bits per heavy atom. The molecule has 1 N–H and O–H groups in total. The van der Waals surface area contributed by atoms with E-state index in [-0.39, 0.29) is 30.0 Å². The first-order valence-corrected chi connectivity index (χ1v) is 11.1. The third-order valence-electron chi connectivity index (χ3n) is 5.46. The molecule has 1 heterocycles. The van der Waals surface area contributed by atoms with Crippen molar-refractivity contribution < 1.29 is 28.9 Å². The third kappa shape index (κ3) is 5.31. The molecular formula is C25H28ClNO6. The number of carbonyl (C=O) groups is 2. The fourth-order valence-corrected chi connectivity index (χ4v) is 3.91. The van der Waals surface area contributed by atoms with Gasteiger partial charge in [0.05, 0.1) is 37.5 Å². The molecule has 1 amide bonds. The van der Waals surface area contributed by atoms with Gasteiger partial charge in [-0.3, -0.25) is 9.59 Å². The van der Waals surface area contributed by atoms with Crippen LogP contribution >= 0.6 is 11.6 Å². The number of carbonyl (C=O) groups excluding carboxylic acids is 2. The topological polar surface area (TPSA) is 85.3 Å². The number of methoxy groups -OCH3 is 2. The molecule has 1 saturated heterocycles. The Balaban J connectivity index is 2.09. The van der Waals surface area contributed by atoms with Gasteiger partial charge in [0.15, 0.2) is 0 Å². The van der Waals surface area contributed by atoms with Crippen LogP contribution in [0.5, 0.6) is 11.5 Å². The van der Waals surface area contributed by atoms with Crippen LogP contribution in [0, 0.1) is 0 Å². The van der Waals surface area contributed by atoms with Gasteiger partial charge in [0.1, 0.15) is 17.3 Å². The van der Waals surface area contributed by atoms with Gasteiger partial charge in [-0.15, -0.1) is 0 Å². The zero-order valence-corrected chi connectivity index (χ0v) is 19.7. The second-order valence-corrected chi connectivity index (χ2v) is 8.04. The molecule has 0 radical (unpaired) electrons. The minimum Gasteiger partial charge on any atom is -0.507 e. The Morgan fingerprint density at radius 1 is 1.09 bits per heavy atom. The summed E-state index contributed by atoms with van der Waals surface area (Å²) < 4.78 is 16.2. The number of nitrogens with zero attached hydrogens (tertiary/aromatic N) is 1. The van der Waals surface area contributed by atoms with Crippen LogP contribution in [0.2, 0.25) is 5.02 Å². The van der Waals surface area contributed by atoms with Crippen LogP contribution in [0.15, 0.2) is 48.0 Å². The van der Waals surface area contributed by atoms with Gasteiger partial charge in [0, 0.05) is 18.7 Å². The maximum absolute atomic E-state index is 13.1. The van der Waals surface area contributed by atoms with E-state index >= 15 is 0 Å². The number of likely N-dealkylation sites (tertiary alicyclic amines) is 1. The molecule has 0 aromatic heterocycles. The molecule has 3 rings (SSSR count). The lowest BCUT2D eigenvalue weighted by Crippen LogP contribution is -2.32. The summed E-state index contributed by atoms with van der Waals surface area (Å²) in [5.41, 5.74) is 0.867. The molecule has 1 aliphatic heterocycles. The number of ether oxygens (including phenoxy) is 3. The molecule has 1 fully saturated rings. The molecule has 1 unspecified atom stereocenters. The molecule has 0 saturated carbocycles. The molecule has 0 bridgehead atoms. The average molecular weight is 474 g/mol. The van der Waals surface area contributed by atoms with E-state index in [1.54, 1.807) is 36.4 Å². The molecule has 1 aliphatic rings. The Morgan fingerprint density at radius 2 is 1.82 bits per heavy atom. The Hall–Kier alpha value is -3.03. The SMILES string of the molecule is CCCCOc1ccc(C2/C(=C(\O)c3cc(Cl)ccc3OC)C(=O)C(=O)N2CCOC)cc1. The van der Waals surface area contributed by atoms with E-state index in [1.807, 2.05) is 0 Å². The summed E-state index contributed by atoms with van der Waals surface area (Å²) in [5.74, 6) is -0.807. The van der Waals surface area contributed by atoms with Crippen LogP contribution in [-0.4, -0.2) is 55.7 Å². The van der Waals surface area contributed by atoms with Gasteiger partial charge in [-0.1, -0.05) is 37.1 Å². The van der Waals surface area contributed by atoms with Gasteiger partial charge in [-0.25, -0.2) is 0 Å². The van der Waals surface area contributed by atoms with Gasteiger partial charge in [0.2, 0.25) is 0 Å². The molecule has 176 valence electrons. The normalized spacial score (nSPS) is 17.5. The highest BCUT2D eigenvalue weighted by atomic mass is 35.5. The number of amides is 1. The van der Waals surface area contributed by atoms with E-state index in [2.05, 4.69) is 6.92 Å². The number of unbranched alkanes of at least 4 members (excludes halogenated alkanes) is 1. The quantitative estimate of drug-likeness (QED) is 0.235. The first-order chi connectivity index (χ1) is 15.9. The van der Waals surface area contributed by atoms with Gasteiger partial charge in [0.25, 0.3) is 11.7 Å². The second-order valence-electron chi connectivity index (χ2n) is 7.60. The fraction of sp³-hybridized carbons (Fsp3) is 0.360. The summed E-state index contributed by atoms with van der Waals surface area (Å²) >= 11 is 6.13. The number of aliphatic hydroxyl groups excluding tert-OH is 1. The van der Waals surface area contributed by atoms with E-state index in [9.17, 15) is 14.7 Å². The highest BCUT2D eigenvalue weighted by Crippen LogP contribution is 2.41. The van der Waals surface area contributed by atoms with Gasteiger partial charge >= 0.3 is 0 Å². The molecular weight excluding hydrogens is 446 g/mol. The number of rotatable bonds is 10. The Bertz CT molecular complexity index is 1030. The smallest absolute Gasteiger partial charge is 0.295 e. The average Bonchev–Trinajstić information content (AvgIpc) is 3.07. The van der Waals surface area contributed by atoms with Gasteiger partial charge in [-0.05, 0) is 42.3 Å². The van der Waals surface area contributed by atoms with E-state index < -0.39 is 17.7 Å². The highest BCUT2D eigenvalue weighted by molar-refractivity contribution is 6.46. The number of Topliss-reactive ketones (excluding diaryl/α,β-unsaturated/α-hetero) is 1. The van der Waals surface area contributed by atoms with Crippen LogP contribution < -0.4 is 9.47 Å². The van der Waals surface area contributed by atoms with Crippen molar-refractivity contribution in [3.05, 3.63) is 64.2 Å². The molecule has 1 atom stereocenters. The van der Waals surface area contributed by atoms with E-state index in [0.29, 0.717) is 28.7 Å². The van der Waals surface area contributed by atoms with Crippen molar-refractivity contribution in [3.8, 4) is 11.5 Å². The summed E-state index contributed by atoms with van der Waals surface area (Å²) in [6, 6.07) is 11.1. The van der Waals surface area contributed by atoms with Crippen molar-refractivity contribution in [3.63, 3.8) is 0 Å². The van der Waals surface area contributed by atoms with Gasteiger partial charge < -0.3 is 24.2 Å². The maximum atomic E-state index is 13.1. The van der Waals surface area contributed by atoms with Crippen LogP contribution in [0.25, 0.3) is 5.76 Å². The van der Waals surface area contributed by atoms with E-state index in [1.165, 1.54) is 25.2 Å². The van der Waals surface area contributed by atoms with Crippen molar-refractivity contribution >= 4 is 29.1 Å². The number of ketones is 1. The highest BCUT2D eigenvalue weighted by Gasteiger charge is 2.46. The summed E-state index contributed by atoms with van der Waals surface area (Å²) in [6.07, 6.45) is 1.97. The second kappa shape index (κ2) is 11.2. The lowest BCUT2D eigenvalue weighted by atomic mass is 9.95. The lowest BCUT2D eigenvalue weighted by Gasteiger charge is -2.25.